The highest BCUT2D eigenvalue weighted by Crippen LogP contribution is 2.27. The number of aryl methyl sites for hydroxylation is 2. The summed E-state index contributed by atoms with van der Waals surface area (Å²) in [6.07, 6.45) is 6.21. The van der Waals surface area contributed by atoms with Crippen LogP contribution < -0.4 is 10.4 Å². The largest absolute Gasteiger partial charge is 0.328 e. The van der Waals surface area contributed by atoms with E-state index in [-0.39, 0.29) is 10.6 Å². The number of fused-ring (bicyclic) bond motifs is 1. The van der Waals surface area contributed by atoms with Gasteiger partial charge in [0.1, 0.15) is 0 Å². The number of hydrogen-bond donors (Lipinski definition) is 1. The zero-order valence-electron chi connectivity index (χ0n) is 18.3. The molecule has 0 unspecified atom stereocenters. The van der Waals surface area contributed by atoms with Crippen LogP contribution in [0.3, 0.4) is 0 Å². The van der Waals surface area contributed by atoms with Crippen LogP contribution in [-0.4, -0.2) is 35.5 Å². The smallest absolute Gasteiger partial charge is 0.299 e. The van der Waals surface area contributed by atoms with Crippen molar-refractivity contribution in [2.45, 2.75) is 49.6 Å². The summed E-state index contributed by atoms with van der Waals surface area (Å²) in [5, 5.41) is 0. The molecule has 1 heterocycles. The van der Waals surface area contributed by atoms with Crippen LogP contribution in [0.5, 0.6) is 0 Å². The summed E-state index contributed by atoms with van der Waals surface area (Å²) in [7, 11) is 1.64. The lowest BCUT2D eigenvalue weighted by Gasteiger charge is -2.31. The second-order valence-electron chi connectivity index (χ2n) is 8.52. The maximum absolute atomic E-state index is 13.2. The van der Waals surface area contributed by atoms with E-state index in [1.165, 1.54) is 41.2 Å². The van der Waals surface area contributed by atoms with Gasteiger partial charge in [-0.3, -0.25) is 18.8 Å². The molecule has 166 valence electrons. The van der Waals surface area contributed by atoms with Gasteiger partial charge in [-0.2, -0.15) is 0 Å². The Morgan fingerprint density at radius 3 is 2.42 bits per heavy atom. The first-order chi connectivity index (χ1) is 14.8. The van der Waals surface area contributed by atoms with E-state index in [1.54, 1.807) is 38.4 Å². The van der Waals surface area contributed by atoms with Gasteiger partial charge in [-0.25, -0.2) is 13.2 Å². The lowest BCUT2D eigenvalue weighted by Crippen LogP contribution is -2.33. The Morgan fingerprint density at radius 2 is 1.68 bits per heavy atom. The van der Waals surface area contributed by atoms with Crippen LogP contribution in [0.2, 0.25) is 0 Å². The van der Waals surface area contributed by atoms with E-state index < -0.39 is 10.0 Å². The summed E-state index contributed by atoms with van der Waals surface area (Å²) < 4.78 is 32.1. The lowest BCUT2D eigenvalue weighted by molar-refractivity contribution is 0.185. The third-order valence-electron chi connectivity index (χ3n) is 6.43. The maximum atomic E-state index is 13.2. The first-order valence-electron chi connectivity index (χ1n) is 10.7. The van der Waals surface area contributed by atoms with Crippen LogP contribution in [0.25, 0.3) is 11.0 Å². The number of benzene rings is 2. The Morgan fingerprint density at radius 1 is 1.00 bits per heavy atom. The van der Waals surface area contributed by atoms with Crippen LogP contribution >= 0.6 is 0 Å². The molecular weight excluding hydrogens is 412 g/mol. The molecule has 1 saturated carbocycles. The number of sulfonamides is 1. The van der Waals surface area contributed by atoms with Crippen molar-refractivity contribution < 1.29 is 8.42 Å². The predicted octanol–water partition coefficient (Wildman–Crippen LogP) is 3.44. The standard InChI is InChI=1S/C23H30N4O3S/c1-25(18-10-5-4-6-11-18)16-17-9-7-8-12-20(17)24-31(29,30)19-13-14-21-22(15-19)27(3)23(28)26(21)2/h7-9,12-15,18,24H,4-6,10-11,16H2,1-3H3. The van der Waals surface area contributed by atoms with E-state index >= 15 is 0 Å². The number of anilines is 1. The van der Waals surface area contributed by atoms with Gasteiger partial charge >= 0.3 is 5.69 Å². The minimum Gasteiger partial charge on any atom is -0.299 e. The summed E-state index contributed by atoms with van der Waals surface area (Å²) >= 11 is 0. The minimum atomic E-state index is -3.80. The Balaban J connectivity index is 1.61. The molecule has 1 N–H and O–H groups in total. The molecule has 3 aromatic rings. The Hall–Kier alpha value is -2.58. The van der Waals surface area contributed by atoms with Gasteiger partial charge in [0.05, 0.1) is 21.6 Å². The maximum Gasteiger partial charge on any atom is 0.328 e. The second kappa shape index (κ2) is 8.51. The Labute approximate surface area is 183 Å². The van der Waals surface area contributed by atoms with E-state index in [1.807, 2.05) is 18.2 Å². The number of aromatic nitrogens is 2. The topological polar surface area (TPSA) is 76.3 Å². The number of para-hydroxylation sites is 1. The lowest BCUT2D eigenvalue weighted by atomic mass is 9.94. The zero-order chi connectivity index (χ0) is 22.2. The van der Waals surface area contributed by atoms with E-state index in [9.17, 15) is 13.2 Å². The molecule has 7 nitrogen and oxygen atoms in total. The number of imidazole rings is 1. The van der Waals surface area contributed by atoms with Crippen molar-refractivity contribution in [2.75, 3.05) is 11.8 Å². The first-order valence-corrected chi connectivity index (χ1v) is 12.2. The van der Waals surface area contributed by atoms with E-state index in [0.717, 1.165) is 5.56 Å². The van der Waals surface area contributed by atoms with Crippen LogP contribution in [-0.2, 0) is 30.7 Å². The van der Waals surface area contributed by atoms with E-state index in [4.69, 9.17) is 0 Å². The third-order valence-corrected chi connectivity index (χ3v) is 7.80. The number of nitrogens with one attached hydrogen (secondary N) is 1. The molecule has 0 atom stereocenters. The number of rotatable bonds is 6. The summed E-state index contributed by atoms with van der Waals surface area (Å²) in [5.74, 6) is 0. The number of hydrogen-bond acceptors (Lipinski definition) is 4. The molecule has 2 aromatic carbocycles. The molecule has 1 aliphatic rings. The molecule has 0 spiro atoms. The molecule has 0 saturated heterocycles. The van der Waals surface area contributed by atoms with Crippen LogP contribution in [0.15, 0.2) is 52.2 Å². The molecule has 31 heavy (non-hydrogen) atoms. The van der Waals surface area contributed by atoms with Crippen LogP contribution in [0.1, 0.15) is 37.7 Å². The van der Waals surface area contributed by atoms with Gasteiger partial charge in [0.25, 0.3) is 10.0 Å². The monoisotopic (exact) mass is 442 g/mol. The van der Waals surface area contributed by atoms with Gasteiger partial charge in [0, 0.05) is 26.7 Å². The fourth-order valence-electron chi connectivity index (χ4n) is 4.53. The van der Waals surface area contributed by atoms with Crippen LogP contribution in [0, 0.1) is 0 Å². The SMILES string of the molecule is CN(Cc1ccccc1NS(=O)(=O)c1ccc2c(c1)n(C)c(=O)n2C)C1CCCCC1. The Kier molecular flexibility index (Phi) is 5.94. The summed E-state index contributed by atoms with van der Waals surface area (Å²) in [4.78, 5) is 14.6. The quantitative estimate of drug-likeness (QED) is 0.634. The highest BCUT2D eigenvalue weighted by molar-refractivity contribution is 7.92. The summed E-state index contributed by atoms with van der Waals surface area (Å²) in [6, 6.07) is 12.9. The fraction of sp³-hybridized carbons (Fsp3) is 0.435. The van der Waals surface area contributed by atoms with Crippen molar-refractivity contribution in [2.24, 2.45) is 14.1 Å². The zero-order valence-corrected chi connectivity index (χ0v) is 19.2. The molecule has 0 amide bonds. The average Bonchev–Trinajstić information content (AvgIpc) is 2.99. The van der Waals surface area contributed by atoms with Gasteiger partial charge < -0.3 is 0 Å². The highest BCUT2D eigenvalue weighted by atomic mass is 32.2. The molecule has 1 fully saturated rings. The molecular formula is C23H30N4O3S. The van der Waals surface area contributed by atoms with Gasteiger partial charge in [-0.05, 0) is 49.7 Å². The summed E-state index contributed by atoms with van der Waals surface area (Å²) in [6.45, 7) is 0.690. The van der Waals surface area contributed by atoms with Crippen molar-refractivity contribution in [1.82, 2.24) is 14.0 Å². The van der Waals surface area contributed by atoms with Crippen molar-refractivity contribution in [3.8, 4) is 0 Å². The summed E-state index contributed by atoms with van der Waals surface area (Å²) in [5.41, 5.74) is 2.63. The number of nitrogens with zero attached hydrogens (tertiary/aromatic N) is 3. The van der Waals surface area contributed by atoms with Crippen molar-refractivity contribution in [3.63, 3.8) is 0 Å². The van der Waals surface area contributed by atoms with E-state index in [0.29, 0.717) is 29.3 Å². The van der Waals surface area contributed by atoms with Crippen LogP contribution in [0.4, 0.5) is 5.69 Å². The fourth-order valence-corrected chi connectivity index (χ4v) is 5.66. The average molecular weight is 443 g/mol. The van der Waals surface area contributed by atoms with Gasteiger partial charge in [-0.15, -0.1) is 0 Å². The molecule has 8 heteroatoms. The molecule has 0 radical (unpaired) electrons. The molecule has 1 aromatic heterocycles. The van der Waals surface area contributed by atoms with E-state index in [2.05, 4.69) is 16.7 Å². The highest BCUT2D eigenvalue weighted by Gasteiger charge is 2.21. The molecule has 0 bridgehead atoms. The second-order valence-corrected chi connectivity index (χ2v) is 10.2. The van der Waals surface area contributed by atoms with Gasteiger partial charge in [-0.1, -0.05) is 37.5 Å². The third kappa shape index (κ3) is 4.27. The predicted molar refractivity (Wildman–Crippen MR) is 124 cm³/mol. The Bertz CT molecular complexity index is 1250. The van der Waals surface area contributed by atoms with Gasteiger partial charge in [0.2, 0.25) is 0 Å². The molecule has 4 rings (SSSR count). The minimum absolute atomic E-state index is 0.136. The van der Waals surface area contributed by atoms with Crippen molar-refractivity contribution in [3.05, 3.63) is 58.5 Å². The normalized spacial score (nSPS) is 15.6. The molecule has 0 aliphatic heterocycles. The molecule has 1 aliphatic carbocycles. The van der Waals surface area contributed by atoms with Gasteiger partial charge in [0.15, 0.2) is 0 Å². The first kappa shape index (κ1) is 21.6. The van der Waals surface area contributed by atoms with Crippen molar-refractivity contribution >= 4 is 26.7 Å². The van der Waals surface area contributed by atoms with Crippen molar-refractivity contribution in [1.29, 1.82) is 0 Å².